The molecule has 1 heterocycles. The predicted octanol–water partition coefficient (Wildman–Crippen LogP) is 2.71. The molecule has 2 N–H and O–H groups in total. The molecule has 2 aromatic carbocycles. The van der Waals surface area contributed by atoms with Gasteiger partial charge in [-0.2, -0.15) is 0 Å². The summed E-state index contributed by atoms with van der Waals surface area (Å²) in [5, 5.41) is 0. The molecule has 0 saturated carbocycles. The Morgan fingerprint density at radius 2 is 1.68 bits per heavy atom. The van der Waals surface area contributed by atoms with Crippen molar-refractivity contribution in [3.63, 3.8) is 0 Å². The van der Waals surface area contributed by atoms with Crippen molar-refractivity contribution in [2.24, 2.45) is 5.73 Å². The van der Waals surface area contributed by atoms with Crippen LogP contribution in [0.5, 0.6) is 5.75 Å². The second-order valence-electron chi connectivity index (χ2n) is 5.07. The Morgan fingerprint density at radius 3 is 2.47 bits per heavy atom. The van der Waals surface area contributed by atoms with E-state index in [-0.39, 0.29) is 0 Å². The van der Waals surface area contributed by atoms with Crippen molar-refractivity contribution in [3.8, 4) is 5.75 Å². The zero-order valence-corrected chi connectivity index (χ0v) is 11.1. The molecule has 19 heavy (non-hydrogen) atoms. The van der Waals surface area contributed by atoms with Gasteiger partial charge in [0.2, 0.25) is 0 Å². The van der Waals surface area contributed by atoms with E-state index in [1.807, 2.05) is 0 Å². The first kappa shape index (κ1) is 12.2. The molecule has 0 unspecified atom stereocenters. The van der Waals surface area contributed by atoms with Gasteiger partial charge in [0.05, 0.1) is 6.61 Å². The van der Waals surface area contributed by atoms with Crippen LogP contribution >= 0.6 is 0 Å². The van der Waals surface area contributed by atoms with E-state index in [0.29, 0.717) is 6.54 Å². The molecular weight excluding hydrogens is 234 g/mol. The van der Waals surface area contributed by atoms with Gasteiger partial charge in [0.25, 0.3) is 0 Å². The number of ether oxygens (including phenoxy) is 1. The van der Waals surface area contributed by atoms with Gasteiger partial charge in [-0.05, 0) is 47.7 Å². The second-order valence-corrected chi connectivity index (χ2v) is 5.07. The fraction of sp³-hybridized carbons (Fsp3) is 0.294. The molecule has 98 valence electrons. The highest BCUT2D eigenvalue weighted by atomic mass is 16.5. The number of rotatable bonds is 4. The lowest BCUT2D eigenvalue weighted by Crippen LogP contribution is -2.02. The van der Waals surface area contributed by atoms with Crippen LogP contribution in [0.3, 0.4) is 0 Å². The van der Waals surface area contributed by atoms with Crippen molar-refractivity contribution in [2.75, 3.05) is 13.2 Å². The Balaban J connectivity index is 1.74. The van der Waals surface area contributed by atoms with Gasteiger partial charge >= 0.3 is 0 Å². The number of nitrogens with two attached hydrogens (primary N) is 1. The SMILES string of the molecule is NCCc1ccc(Cc2ccc3c(c2)CCO3)cc1. The maximum Gasteiger partial charge on any atom is 0.122 e. The molecule has 2 aromatic rings. The highest BCUT2D eigenvalue weighted by molar-refractivity contribution is 5.41. The van der Waals surface area contributed by atoms with Gasteiger partial charge in [0.1, 0.15) is 5.75 Å². The summed E-state index contributed by atoms with van der Waals surface area (Å²) in [7, 11) is 0. The summed E-state index contributed by atoms with van der Waals surface area (Å²) in [6.07, 6.45) is 2.98. The molecule has 2 heteroatoms. The van der Waals surface area contributed by atoms with Gasteiger partial charge in [0.15, 0.2) is 0 Å². The van der Waals surface area contributed by atoms with Crippen molar-refractivity contribution in [2.45, 2.75) is 19.3 Å². The molecule has 0 amide bonds. The van der Waals surface area contributed by atoms with Crippen molar-refractivity contribution in [3.05, 3.63) is 64.7 Å². The van der Waals surface area contributed by atoms with Gasteiger partial charge in [-0.3, -0.25) is 0 Å². The average molecular weight is 253 g/mol. The van der Waals surface area contributed by atoms with Gasteiger partial charge in [-0.25, -0.2) is 0 Å². The summed E-state index contributed by atoms with van der Waals surface area (Å²) >= 11 is 0. The van der Waals surface area contributed by atoms with Crippen LogP contribution in [-0.4, -0.2) is 13.2 Å². The number of hydrogen-bond donors (Lipinski definition) is 1. The Morgan fingerprint density at radius 1 is 0.947 bits per heavy atom. The molecule has 1 aliphatic heterocycles. The van der Waals surface area contributed by atoms with Gasteiger partial charge in [-0.1, -0.05) is 36.4 Å². The molecule has 0 spiro atoms. The standard InChI is InChI=1S/C17H19NO/c18-9-7-13-1-3-14(4-2-13)11-15-5-6-17-16(12-15)8-10-19-17/h1-6,12H,7-11,18H2. The lowest BCUT2D eigenvalue weighted by molar-refractivity contribution is 0.357. The first-order valence-electron chi connectivity index (χ1n) is 6.87. The molecule has 0 bridgehead atoms. The molecule has 3 rings (SSSR count). The maximum atomic E-state index is 5.56. The van der Waals surface area contributed by atoms with E-state index in [9.17, 15) is 0 Å². The molecule has 1 aliphatic rings. The topological polar surface area (TPSA) is 35.2 Å². The monoisotopic (exact) mass is 253 g/mol. The summed E-state index contributed by atoms with van der Waals surface area (Å²) in [4.78, 5) is 0. The first-order chi connectivity index (χ1) is 9.35. The predicted molar refractivity (Wildman–Crippen MR) is 77.6 cm³/mol. The molecule has 0 atom stereocenters. The highest BCUT2D eigenvalue weighted by Gasteiger charge is 2.11. The van der Waals surface area contributed by atoms with Gasteiger partial charge < -0.3 is 10.5 Å². The molecule has 0 fully saturated rings. The largest absolute Gasteiger partial charge is 0.493 e. The van der Waals surface area contributed by atoms with E-state index in [1.165, 1.54) is 22.3 Å². The third-order valence-corrected chi connectivity index (χ3v) is 3.62. The zero-order valence-electron chi connectivity index (χ0n) is 11.1. The minimum absolute atomic E-state index is 0.712. The van der Waals surface area contributed by atoms with Crippen molar-refractivity contribution in [1.29, 1.82) is 0 Å². The van der Waals surface area contributed by atoms with Crippen molar-refractivity contribution >= 4 is 0 Å². The lowest BCUT2D eigenvalue weighted by atomic mass is 10.0. The molecule has 0 aliphatic carbocycles. The number of benzene rings is 2. The number of hydrogen-bond acceptors (Lipinski definition) is 2. The van der Waals surface area contributed by atoms with E-state index in [4.69, 9.17) is 10.5 Å². The first-order valence-corrected chi connectivity index (χ1v) is 6.87. The number of fused-ring (bicyclic) bond motifs is 1. The summed E-state index contributed by atoms with van der Waals surface area (Å²) in [5.74, 6) is 1.06. The summed E-state index contributed by atoms with van der Waals surface area (Å²) < 4.78 is 5.53. The molecular formula is C17H19NO. The fourth-order valence-corrected chi connectivity index (χ4v) is 2.58. The summed E-state index contributed by atoms with van der Waals surface area (Å²) in [6.45, 7) is 1.54. The Labute approximate surface area is 114 Å². The van der Waals surface area contributed by atoms with E-state index >= 15 is 0 Å². The third kappa shape index (κ3) is 2.79. The quantitative estimate of drug-likeness (QED) is 0.909. The van der Waals surface area contributed by atoms with Crippen LogP contribution in [-0.2, 0) is 19.3 Å². The Bertz CT molecular complexity index is 560. The van der Waals surface area contributed by atoms with Crippen LogP contribution in [0, 0.1) is 0 Å². The van der Waals surface area contributed by atoms with Crippen LogP contribution in [0.2, 0.25) is 0 Å². The second kappa shape index (κ2) is 5.45. The Hall–Kier alpha value is -1.80. The highest BCUT2D eigenvalue weighted by Crippen LogP contribution is 2.26. The van der Waals surface area contributed by atoms with E-state index in [2.05, 4.69) is 42.5 Å². The summed E-state index contributed by atoms with van der Waals surface area (Å²) in [6, 6.07) is 15.3. The minimum atomic E-state index is 0.712. The normalized spacial score (nSPS) is 13.1. The lowest BCUT2D eigenvalue weighted by Gasteiger charge is -2.06. The fourth-order valence-electron chi connectivity index (χ4n) is 2.58. The van der Waals surface area contributed by atoms with E-state index < -0.39 is 0 Å². The van der Waals surface area contributed by atoms with Crippen LogP contribution in [0.15, 0.2) is 42.5 Å². The zero-order chi connectivity index (χ0) is 13.1. The molecule has 0 aromatic heterocycles. The third-order valence-electron chi connectivity index (χ3n) is 3.62. The van der Waals surface area contributed by atoms with E-state index in [1.54, 1.807) is 0 Å². The van der Waals surface area contributed by atoms with Crippen molar-refractivity contribution in [1.82, 2.24) is 0 Å². The van der Waals surface area contributed by atoms with Gasteiger partial charge in [0, 0.05) is 6.42 Å². The molecule has 0 radical (unpaired) electrons. The van der Waals surface area contributed by atoms with Crippen LogP contribution in [0.25, 0.3) is 0 Å². The van der Waals surface area contributed by atoms with Crippen LogP contribution in [0.1, 0.15) is 22.3 Å². The minimum Gasteiger partial charge on any atom is -0.493 e. The molecule has 0 saturated heterocycles. The van der Waals surface area contributed by atoms with Crippen molar-refractivity contribution < 1.29 is 4.74 Å². The smallest absolute Gasteiger partial charge is 0.122 e. The maximum absolute atomic E-state index is 5.56. The summed E-state index contributed by atoms with van der Waals surface area (Å²) in [5.41, 5.74) is 10.9. The molecule has 2 nitrogen and oxygen atoms in total. The van der Waals surface area contributed by atoms with Crippen LogP contribution < -0.4 is 10.5 Å². The van der Waals surface area contributed by atoms with E-state index in [0.717, 1.165) is 31.6 Å². The van der Waals surface area contributed by atoms with Crippen LogP contribution in [0.4, 0.5) is 0 Å². The average Bonchev–Trinajstić information content (AvgIpc) is 2.89. The van der Waals surface area contributed by atoms with Gasteiger partial charge in [-0.15, -0.1) is 0 Å². The Kier molecular flexibility index (Phi) is 3.51.